The maximum atomic E-state index is 12.5. The van der Waals surface area contributed by atoms with Gasteiger partial charge in [-0.3, -0.25) is 14.6 Å². The fourth-order valence-corrected chi connectivity index (χ4v) is 4.33. The molecule has 1 amide bonds. The Morgan fingerprint density at radius 1 is 1.38 bits per heavy atom. The molecule has 0 aliphatic carbocycles. The fraction of sp³-hybridized carbons (Fsp3) is 0.722. The maximum absolute atomic E-state index is 12.5. The molecule has 0 N–H and O–H groups in total. The number of rotatable bonds is 7. The molecular formula is C18H28F3N3OS. The van der Waals surface area contributed by atoms with E-state index in [1.165, 1.54) is 23.7 Å². The molecule has 0 radical (unpaired) electrons. The summed E-state index contributed by atoms with van der Waals surface area (Å²) in [5.74, 6) is 0.106. The number of aryl methyl sites for hydroxylation is 1. The van der Waals surface area contributed by atoms with E-state index in [4.69, 9.17) is 0 Å². The predicted molar refractivity (Wildman–Crippen MR) is 98.2 cm³/mol. The highest BCUT2D eigenvalue weighted by Crippen LogP contribution is 2.23. The van der Waals surface area contributed by atoms with Gasteiger partial charge in [0.05, 0.1) is 12.6 Å². The van der Waals surface area contributed by atoms with Crippen LogP contribution in [0.2, 0.25) is 0 Å². The number of carbonyl (C=O) groups excluding carboxylic acids is 1. The van der Waals surface area contributed by atoms with Crippen LogP contribution in [-0.2, 0) is 11.3 Å². The summed E-state index contributed by atoms with van der Waals surface area (Å²) in [6.45, 7) is 5.98. The number of amides is 1. The van der Waals surface area contributed by atoms with Crippen LogP contribution in [0.25, 0.3) is 0 Å². The minimum absolute atomic E-state index is 0.260. The van der Waals surface area contributed by atoms with Gasteiger partial charge in [-0.1, -0.05) is 0 Å². The second-order valence-electron chi connectivity index (χ2n) is 7.33. The highest BCUT2D eigenvalue weighted by molar-refractivity contribution is 7.11. The van der Waals surface area contributed by atoms with E-state index in [0.717, 1.165) is 31.0 Å². The van der Waals surface area contributed by atoms with Gasteiger partial charge < -0.3 is 4.90 Å². The number of nitrogens with zero attached hydrogens (tertiary/aromatic N) is 3. The molecule has 0 unspecified atom stereocenters. The Bertz CT molecular complexity index is 605. The number of hydrogen-bond donors (Lipinski definition) is 0. The molecule has 0 spiro atoms. The first-order valence-corrected chi connectivity index (χ1v) is 9.66. The molecule has 148 valence electrons. The van der Waals surface area contributed by atoms with Crippen molar-refractivity contribution in [3.63, 3.8) is 0 Å². The third kappa shape index (κ3) is 6.25. The van der Waals surface area contributed by atoms with Crippen molar-refractivity contribution in [1.82, 2.24) is 14.7 Å². The molecule has 2 rings (SSSR count). The van der Waals surface area contributed by atoms with Gasteiger partial charge in [0.2, 0.25) is 5.91 Å². The van der Waals surface area contributed by atoms with E-state index >= 15 is 0 Å². The Balaban J connectivity index is 1.79. The summed E-state index contributed by atoms with van der Waals surface area (Å²) in [5, 5.41) is 0. The molecule has 0 aromatic carbocycles. The lowest BCUT2D eigenvalue weighted by molar-refractivity contribution is -0.154. The number of likely N-dealkylation sites (N-methyl/N-ethyl adjacent to an activating group) is 2. The molecule has 1 aliphatic rings. The minimum atomic E-state index is -4.30. The zero-order chi connectivity index (χ0) is 19.5. The van der Waals surface area contributed by atoms with Gasteiger partial charge >= 0.3 is 6.18 Å². The van der Waals surface area contributed by atoms with Crippen LogP contribution >= 0.6 is 11.3 Å². The molecule has 4 nitrogen and oxygen atoms in total. The van der Waals surface area contributed by atoms with Crippen molar-refractivity contribution < 1.29 is 18.0 Å². The van der Waals surface area contributed by atoms with Crippen molar-refractivity contribution in [2.24, 2.45) is 5.92 Å². The van der Waals surface area contributed by atoms with Gasteiger partial charge in [0.1, 0.15) is 0 Å². The first kappa shape index (κ1) is 21.2. The lowest BCUT2D eigenvalue weighted by Gasteiger charge is -2.30. The molecule has 1 saturated heterocycles. The first-order valence-electron chi connectivity index (χ1n) is 8.85. The summed E-state index contributed by atoms with van der Waals surface area (Å²) < 4.78 is 37.5. The Labute approximate surface area is 157 Å². The van der Waals surface area contributed by atoms with Gasteiger partial charge in [-0.05, 0) is 51.9 Å². The van der Waals surface area contributed by atoms with Crippen molar-refractivity contribution in [2.75, 3.05) is 40.3 Å². The third-order valence-electron chi connectivity index (χ3n) is 4.90. The third-order valence-corrected chi connectivity index (χ3v) is 5.89. The molecule has 1 aliphatic heterocycles. The number of thiophene rings is 1. The van der Waals surface area contributed by atoms with Crippen LogP contribution in [0.1, 0.15) is 23.1 Å². The van der Waals surface area contributed by atoms with E-state index in [-0.39, 0.29) is 5.91 Å². The Hall–Kier alpha value is -1.12. The van der Waals surface area contributed by atoms with E-state index in [0.29, 0.717) is 12.5 Å². The normalized spacial score (nSPS) is 19.9. The van der Waals surface area contributed by atoms with Crippen molar-refractivity contribution >= 4 is 17.2 Å². The highest BCUT2D eigenvalue weighted by atomic mass is 32.1. The van der Waals surface area contributed by atoms with E-state index in [9.17, 15) is 18.0 Å². The number of likely N-dealkylation sites (tertiary alicyclic amines) is 1. The van der Waals surface area contributed by atoms with E-state index in [1.54, 1.807) is 23.3 Å². The van der Waals surface area contributed by atoms with Gasteiger partial charge in [0.15, 0.2) is 0 Å². The van der Waals surface area contributed by atoms with Crippen LogP contribution in [0.4, 0.5) is 13.2 Å². The summed E-state index contributed by atoms with van der Waals surface area (Å²) in [4.78, 5) is 20.1. The first-order chi connectivity index (χ1) is 12.0. The SMILES string of the molecule is Cc1ccc(CN2CC[C@@H](CN(C)C(=O)[C@H](C)N(C)CC(F)(F)F)C2)s1. The Morgan fingerprint density at radius 3 is 2.65 bits per heavy atom. The molecular weight excluding hydrogens is 363 g/mol. The Kier molecular flexibility index (Phi) is 7.10. The average molecular weight is 392 g/mol. The molecule has 1 fully saturated rings. The summed E-state index contributed by atoms with van der Waals surface area (Å²) in [6.07, 6.45) is -3.29. The predicted octanol–water partition coefficient (Wildman–Crippen LogP) is 3.22. The summed E-state index contributed by atoms with van der Waals surface area (Å²) in [7, 11) is 3.02. The molecule has 26 heavy (non-hydrogen) atoms. The number of halogens is 3. The second kappa shape index (κ2) is 8.71. The van der Waals surface area contributed by atoms with Crippen LogP contribution < -0.4 is 0 Å². The smallest absolute Gasteiger partial charge is 0.344 e. The van der Waals surface area contributed by atoms with E-state index in [1.807, 2.05) is 0 Å². The van der Waals surface area contributed by atoms with Crippen LogP contribution in [-0.4, -0.2) is 73.1 Å². The average Bonchev–Trinajstić information content (AvgIpc) is 3.13. The molecule has 0 bridgehead atoms. The Morgan fingerprint density at radius 2 is 2.08 bits per heavy atom. The highest BCUT2D eigenvalue weighted by Gasteiger charge is 2.34. The number of carbonyl (C=O) groups is 1. The molecule has 1 aromatic heterocycles. The molecule has 8 heteroatoms. The zero-order valence-corrected chi connectivity index (χ0v) is 16.7. The number of hydrogen-bond acceptors (Lipinski definition) is 4. The van der Waals surface area contributed by atoms with Gasteiger partial charge in [0.25, 0.3) is 0 Å². The van der Waals surface area contributed by atoms with Gasteiger partial charge in [-0.15, -0.1) is 11.3 Å². The van der Waals surface area contributed by atoms with Crippen LogP contribution in [0.5, 0.6) is 0 Å². The molecule has 1 aromatic rings. The topological polar surface area (TPSA) is 26.8 Å². The van der Waals surface area contributed by atoms with Crippen LogP contribution in [0.3, 0.4) is 0 Å². The van der Waals surface area contributed by atoms with Crippen LogP contribution in [0, 0.1) is 12.8 Å². The van der Waals surface area contributed by atoms with E-state index in [2.05, 4.69) is 24.0 Å². The van der Waals surface area contributed by atoms with Gasteiger partial charge in [0, 0.05) is 36.4 Å². The maximum Gasteiger partial charge on any atom is 0.401 e. The van der Waals surface area contributed by atoms with Gasteiger partial charge in [-0.2, -0.15) is 13.2 Å². The van der Waals surface area contributed by atoms with Crippen molar-refractivity contribution in [3.05, 3.63) is 21.9 Å². The quantitative estimate of drug-likeness (QED) is 0.714. The standard InChI is InChI=1S/C18H28F3N3OS/c1-13-5-6-16(26-13)11-24-8-7-15(10-24)9-22(3)17(25)14(2)23(4)12-18(19,20)21/h5-6,14-15H,7-12H2,1-4H3/t14-,15-/m0/s1. The molecule has 2 atom stereocenters. The fourth-order valence-electron chi connectivity index (χ4n) is 3.40. The summed E-state index contributed by atoms with van der Waals surface area (Å²) >= 11 is 1.80. The lowest BCUT2D eigenvalue weighted by atomic mass is 10.1. The van der Waals surface area contributed by atoms with Crippen molar-refractivity contribution in [1.29, 1.82) is 0 Å². The minimum Gasteiger partial charge on any atom is -0.344 e. The van der Waals surface area contributed by atoms with Crippen molar-refractivity contribution in [2.45, 2.75) is 39.0 Å². The monoisotopic (exact) mass is 391 g/mol. The summed E-state index contributed by atoms with van der Waals surface area (Å²) in [6, 6.07) is 3.49. The van der Waals surface area contributed by atoms with Gasteiger partial charge in [-0.25, -0.2) is 0 Å². The van der Waals surface area contributed by atoms with E-state index < -0.39 is 18.8 Å². The number of alkyl halides is 3. The largest absolute Gasteiger partial charge is 0.401 e. The molecule has 0 saturated carbocycles. The van der Waals surface area contributed by atoms with Crippen molar-refractivity contribution in [3.8, 4) is 0 Å². The zero-order valence-electron chi connectivity index (χ0n) is 15.8. The lowest BCUT2D eigenvalue weighted by Crippen LogP contribution is -2.48. The second-order valence-corrected chi connectivity index (χ2v) is 8.70. The summed E-state index contributed by atoms with van der Waals surface area (Å²) in [5.41, 5.74) is 0. The van der Waals surface area contributed by atoms with Crippen LogP contribution in [0.15, 0.2) is 12.1 Å². The molecule has 2 heterocycles.